The minimum Gasteiger partial charge on any atom is -0.274 e. The first-order valence-electron chi connectivity index (χ1n) is 7.68. The van der Waals surface area contributed by atoms with Crippen LogP contribution in [-0.4, -0.2) is 24.2 Å². The van der Waals surface area contributed by atoms with Gasteiger partial charge in [0.25, 0.3) is 10.0 Å². The van der Waals surface area contributed by atoms with Gasteiger partial charge < -0.3 is 0 Å². The molecule has 0 radical (unpaired) electrons. The number of thiophene rings is 1. The lowest BCUT2D eigenvalue weighted by Crippen LogP contribution is -2.35. The van der Waals surface area contributed by atoms with Gasteiger partial charge in [0.15, 0.2) is 0 Å². The van der Waals surface area contributed by atoms with Crippen molar-refractivity contribution in [3.05, 3.63) is 53.5 Å². The van der Waals surface area contributed by atoms with Crippen molar-refractivity contribution in [2.24, 2.45) is 7.05 Å². The highest BCUT2D eigenvalue weighted by Gasteiger charge is 2.38. The summed E-state index contributed by atoms with van der Waals surface area (Å²) >= 11 is 1.49. The molecule has 1 atom stereocenters. The van der Waals surface area contributed by atoms with Crippen LogP contribution >= 0.6 is 11.3 Å². The summed E-state index contributed by atoms with van der Waals surface area (Å²) in [7, 11) is -1.93. The molecule has 1 unspecified atom stereocenters. The van der Waals surface area contributed by atoms with Crippen LogP contribution in [0.15, 0.2) is 52.9 Å². The Morgan fingerprint density at radius 1 is 1.21 bits per heavy atom. The van der Waals surface area contributed by atoms with E-state index in [0.717, 1.165) is 22.5 Å². The second-order valence-electron chi connectivity index (χ2n) is 5.98. The van der Waals surface area contributed by atoms with Crippen LogP contribution in [0.5, 0.6) is 0 Å². The molecule has 0 saturated carbocycles. The number of para-hydroxylation sites is 1. The Morgan fingerprint density at radius 2 is 2.00 bits per heavy atom. The molecule has 3 heterocycles. The van der Waals surface area contributed by atoms with Crippen molar-refractivity contribution in [1.82, 2.24) is 9.78 Å². The number of rotatable bonds is 3. The normalized spacial score (nSPS) is 17.2. The lowest BCUT2D eigenvalue weighted by Gasteiger charge is -2.24. The second kappa shape index (κ2) is 5.46. The zero-order valence-electron chi connectivity index (χ0n) is 13.4. The first kappa shape index (κ1) is 15.4. The van der Waals surface area contributed by atoms with Crippen LogP contribution in [-0.2, 0) is 23.5 Å². The number of nitrogens with zero attached hydrogens (tertiary/aromatic N) is 3. The molecule has 3 aromatic rings. The number of sulfonamides is 1. The van der Waals surface area contributed by atoms with Crippen molar-refractivity contribution in [3.63, 3.8) is 0 Å². The molecule has 0 N–H and O–H groups in total. The molecule has 1 aliphatic rings. The average Bonchev–Trinajstić information content (AvgIpc) is 3.23. The van der Waals surface area contributed by atoms with Gasteiger partial charge in [-0.15, -0.1) is 11.3 Å². The molecule has 4 rings (SSSR count). The predicted molar refractivity (Wildman–Crippen MR) is 95.8 cm³/mol. The number of hydrogen-bond donors (Lipinski definition) is 0. The Bertz CT molecular complexity index is 991. The first-order chi connectivity index (χ1) is 11.5. The van der Waals surface area contributed by atoms with E-state index < -0.39 is 10.0 Å². The number of hydrogen-bond acceptors (Lipinski definition) is 4. The lowest BCUT2D eigenvalue weighted by atomic mass is 10.1. The quantitative estimate of drug-likeness (QED) is 0.721. The van der Waals surface area contributed by atoms with Gasteiger partial charge in [-0.05, 0) is 36.4 Å². The van der Waals surface area contributed by atoms with Crippen molar-refractivity contribution in [1.29, 1.82) is 0 Å². The van der Waals surface area contributed by atoms with Crippen molar-refractivity contribution in [2.45, 2.75) is 24.3 Å². The van der Waals surface area contributed by atoms with Gasteiger partial charge in [-0.3, -0.25) is 8.99 Å². The largest absolute Gasteiger partial charge is 0.274 e. The van der Waals surface area contributed by atoms with Crippen LogP contribution < -0.4 is 4.31 Å². The SMILES string of the molecule is CC1Cc2ccccc2N1S(=O)(=O)c1cn(C)nc1-c1cccs1. The van der Waals surface area contributed by atoms with Crippen LogP contribution in [0.25, 0.3) is 10.6 Å². The molecule has 7 heteroatoms. The summed E-state index contributed by atoms with van der Waals surface area (Å²) < 4.78 is 29.9. The van der Waals surface area contributed by atoms with Gasteiger partial charge in [0.2, 0.25) is 0 Å². The molecule has 5 nitrogen and oxygen atoms in total. The van der Waals surface area contributed by atoms with Gasteiger partial charge in [-0.1, -0.05) is 24.3 Å². The second-order valence-corrected chi connectivity index (χ2v) is 8.71. The van der Waals surface area contributed by atoms with Gasteiger partial charge in [-0.25, -0.2) is 8.42 Å². The van der Waals surface area contributed by atoms with Crippen LogP contribution in [0.4, 0.5) is 5.69 Å². The predicted octanol–water partition coefficient (Wildman–Crippen LogP) is 3.29. The lowest BCUT2D eigenvalue weighted by molar-refractivity contribution is 0.584. The molecule has 24 heavy (non-hydrogen) atoms. The Balaban J connectivity index is 1.88. The maximum Gasteiger partial charge on any atom is 0.268 e. The van der Waals surface area contributed by atoms with E-state index in [-0.39, 0.29) is 10.9 Å². The average molecular weight is 359 g/mol. The molecule has 0 bridgehead atoms. The Hall–Kier alpha value is -2.12. The third-order valence-electron chi connectivity index (χ3n) is 4.23. The van der Waals surface area contributed by atoms with E-state index in [0.29, 0.717) is 5.69 Å². The summed E-state index contributed by atoms with van der Waals surface area (Å²) in [6.07, 6.45) is 2.32. The highest BCUT2D eigenvalue weighted by atomic mass is 32.2. The molecule has 0 aliphatic carbocycles. The van der Waals surface area contributed by atoms with Crippen molar-refractivity contribution < 1.29 is 8.42 Å². The smallest absolute Gasteiger partial charge is 0.268 e. The van der Waals surface area contributed by atoms with Crippen LogP contribution in [0, 0.1) is 0 Å². The van der Waals surface area contributed by atoms with E-state index in [2.05, 4.69) is 5.10 Å². The van der Waals surface area contributed by atoms with E-state index >= 15 is 0 Å². The molecule has 0 saturated heterocycles. The summed E-state index contributed by atoms with van der Waals surface area (Å²) in [6, 6.07) is 11.4. The molecule has 0 fully saturated rings. The van der Waals surface area contributed by atoms with Crippen molar-refractivity contribution in [3.8, 4) is 10.6 Å². The molecular weight excluding hydrogens is 342 g/mol. The molecule has 1 aromatic carbocycles. The zero-order valence-corrected chi connectivity index (χ0v) is 15.0. The van der Waals surface area contributed by atoms with E-state index in [4.69, 9.17) is 0 Å². The number of fused-ring (bicyclic) bond motifs is 1. The van der Waals surface area contributed by atoms with E-state index in [1.54, 1.807) is 17.9 Å². The Kier molecular flexibility index (Phi) is 3.51. The molecule has 0 amide bonds. The summed E-state index contributed by atoms with van der Waals surface area (Å²) in [5.74, 6) is 0. The van der Waals surface area contributed by atoms with Gasteiger partial charge >= 0.3 is 0 Å². The van der Waals surface area contributed by atoms with Gasteiger partial charge in [0.1, 0.15) is 10.6 Å². The van der Waals surface area contributed by atoms with E-state index in [1.807, 2.05) is 48.7 Å². The maximum atomic E-state index is 13.4. The standard InChI is InChI=1S/C17H17N3O2S2/c1-12-10-13-6-3-4-7-14(13)20(12)24(21,22)16-11-19(2)18-17(16)15-8-5-9-23-15/h3-9,11-12H,10H2,1-2H3. The summed E-state index contributed by atoms with van der Waals surface area (Å²) in [5.41, 5.74) is 2.35. The fourth-order valence-corrected chi connectivity index (χ4v) is 5.91. The van der Waals surface area contributed by atoms with Crippen LogP contribution in [0.3, 0.4) is 0 Å². The van der Waals surface area contributed by atoms with E-state index in [1.165, 1.54) is 15.6 Å². The topological polar surface area (TPSA) is 55.2 Å². The highest BCUT2D eigenvalue weighted by molar-refractivity contribution is 7.93. The molecule has 0 spiro atoms. The first-order valence-corrected chi connectivity index (χ1v) is 10.0. The van der Waals surface area contributed by atoms with Gasteiger partial charge in [0, 0.05) is 19.3 Å². The maximum absolute atomic E-state index is 13.4. The minimum atomic E-state index is -3.68. The van der Waals surface area contributed by atoms with Crippen LogP contribution in [0.2, 0.25) is 0 Å². The molecule has 1 aliphatic heterocycles. The number of benzene rings is 1. The van der Waals surface area contributed by atoms with Crippen LogP contribution in [0.1, 0.15) is 12.5 Å². The molecule has 124 valence electrons. The third-order valence-corrected chi connectivity index (χ3v) is 7.04. The van der Waals surface area contributed by atoms with Gasteiger partial charge in [-0.2, -0.15) is 5.10 Å². The fourth-order valence-electron chi connectivity index (χ4n) is 3.25. The number of anilines is 1. The molecular formula is C17H17N3O2S2. The Labute approximate surface area is 145 Å². The zero-order chi connectivity index (χ0) is 16.9. The van der Waals surface area contributed by atoms with E-state index in [9.17, 15) is 8.42 Å². The summed E-state index contributed by atoms with van der Waals surface area (Å²) in [6.45, 7) is 1.94. The fraction of sp³-hybridized carbons (Fsp3) is 0.235. The highest BCUT2D eigenvalue weighted by Crippen LogP contribution is 2.39. The number of aromatic nitrogens is 2. The monoisotopic (exact) mass is 359 g/mol. The van der Waals surface area contributed by atoms with Crippen molar-refractivity contribution >= 4 is 27.0 Å². The molecule has 2 aromatic heterocycles. The summed E-state index contributed by atoms with van der Waals surface area (Å²) in [4.78, 5) is 1.12. The Morgan fingerprint density at radius 3 is 2.75 bits per heavy atom. The third kappa shape index (κ3) is 2.27. The number of aryl methyl sites for hydroxylation is 1. The summed E-state index contributed by atoms with van der Waals surface area (Å²) in [5, 5.41) is 6.32. The van der Waals surface area contributed by atoms with Crippen molar-refractivity contribution in [2.75, 3.05) is 4.31 Å². The minimum absolute atomic E-state index is 0.108. The van der Waals surface area contributed by atoms with Gasteiger partial charge in [0.05, 0.1) is 10.6 Å².